The van der Waals surface area contributed by atoms with Crippen molar-refractivity contribution >= 4 is 17.4 Å². The van der Waals surface area contributed by atoms with Crippen molar-refractivity contribution in [3.05, 3.63) is 40.5 Å². The van der Waals surface area contributed by atoms with Gasteiger partial charge in [0.05, 0.1) is 22.0 Å². The van der Waals surface area contributed by atoms with Gasteiger partial charge in [-0.25, -0.2) is 4.68 Å². The maximum absolute atomic E-state index is 12.7. The number of nitrogens with two attached hydrogens (primary N) is 1. The molecule has 0 bridgehead atoms. The molecule has 18 heavy (non-hydrogen) atoms. The summed E-state index contributed by atoms with van der Waals surface area (Å²) in [6.45, 7) is 1.70. The van der Waals surface area contributed by atoms with Crippen molar-refractivity contribution in [2.75, 3.05) is 5.73 Å². The van der Waals surface area contributed by atoms with Crippen molar-refractivity contribution in [3.8, 4) is 5.69 Å². The summed E-state index contributed by atoms with van der Waals surface area (Å²) in [7, 11) is 0. The number of rotatable bonds is 1. The number of nitrogen functional groups attached to an aromatic ring is 1. The summed E-state index contributed by atoms with van der Waals surface area (Å²) in [6.07, 6.45) is -4.51. The quantitative estimate of drug-likeness (QED) is 0.866. The molecule has 0 aliphatic rings. The molecular formula is C11H9ClF3N3. The van der Waals surface area contributed by atoms with Gasteiger partial charge in [-0.2, -0.15) is 18.3 Å². The van der Waals surface area contributed by atoms with Gasteiger partial charge in [-0.3, -0.25) is 0 Å². The molecule has 3 nitrogen and oxygen atoms in total. The smallest absolute Gasteiger partial charge is 0.384 e. The van der Waals surface area contributed by atoms with Gasteiger partial charge in [-0.1, -0.05) is 11.6 Å². The minimum Gasteiger partial charge on any atom is -0.384 e. The van der Waals surface area contributed by atoms with Gasteiger partial charge in [0.1, 0.15) is 5.82 Å². The summed E-state index contributed by atoms with van der Waals surface area (Å²) < 4.78 is 39.4. The number of aryl methyl sites for hydroxylation is 1. The van der Waals surface area contributed by atoms with Crippen LogP contribution in [0.4, 0.5) is 19.0 Å². The van der Waals surface area contributed by atoms with Gasteiger partial charge in [0.15, 0.2) is 0 Å². The number of benzene rings is 1. The highest BCUT2D eigenvalue weighted by Gasteiger charge is 2.33. The van der Waals surface area contributed by atoms with Gasteiger partial charge in [-0.15, -0.1) is 0 Å². The van der Waals surface area contributed by atoms with E-state index >= 15 is 0 Å². The third-order valence-electron chi connectivity index (χ3n) is 2.36. The van der Waals surface area contributed by atoms with Gasteiger partial charge in [0.2, 0.25) is 0 Å². The average Bonchev–Trinajstić information content (AvgIpc) is 2.57. The van der Waals surface area contributed by atoms with Crippen molar-refractivity contribution in [1.29, 1.82) is 0 Å². The van der Waals surface area contributed by atoms with E-state index in [4.69, 9.17) is 17.3 Å². The molecule has 1 heterocycles. The fourth-order valence-corrected chi connectivity index (χ4v) is 1.81. The Hall–Kier alpha value is -1.69. The van der Waals surface area contributed by atoms with Crippen LogP contribution in [0.2, 0.25) is 5.02 Å². The van der Waals surface area contributed by atoms with Crippen molar-refractivity contribution in [2.45, 2.75) is 13.1 Å². The second kappa shape index (κ2) is 4.20. The second-order valence-electron chi connectivity index (χ2n) is 3.78. The Morgan fingerprint density at radius 1 is 1.28 bits per heavy atom. The predicted molar refractivity (Wildman–Crippen MR) is 62.7 cm³/mol. The molecular weight excluding hydrogens is 267 g/mol. The number of hydrogen-bond donors (Lipinski definition) is 1. The first-order valence-corrected chi connectivity index (χ1v) is 5.36. The van der Waals surface area contributed by atoms with Crippen molar-refractivity contribution < 1.29 is 13.2 Å². The summed E-state index contributed by atoms with van der Waals surface area (Å²) >= 11 is 5.53. The molecule has 0 radical (unpaired) electrons. The van der Waals surface area contributed by atoms with E-state index in [2.05, 4.69) is 5.10 Å². The first kappa shape index (κ1) is 12.8. The molecule has 0 fully saturated rings. The molecule has 0 spiro atoms. The van der Waals surface area contributed by atoms with E-state index in [1.54, 1.807) is 13.0 Å². The maximum Gasteiger partial charge on any atom is 0.417 e. The number of alkyl halides is 3. The van der Waals surface area contributed by atoms with Crippen LogP contribution in [0.5, 0.6) is 0 Å². The van der Waals surface area contributed by atoms with Crippen LogP contribution in [0.15, 0.2) is 24.3 Å². The highest BCUT2D eigenvalue weighted by atomic mass is 35.5. The lowest BCUT2D eigenvalue weighted by atomic mass is 10.2. The first-order valence-electron chi connectivity index (χ1n) is 4.98. The Balaban J connectivity index is 2.57. The summed E-state index contributed by atoms with van der Waals surface area (Å²) in [6, 6.07) is 5.10. The van der Waals surface area contributed by atoms with E-state index in [9.17, 15) is 13.2 Å². The highest BCUT2D eigenvalue weighted by Crippen LogP contribution is 2.36. The van der Waals surface area contributed by atoms with Gasteiger partial charge < -0.3 is 5.73 Å². The Morgan fingerprint density at radius 3 is 2.44 bits per heavy atom. The van der Waals surface area contributed by atoms with Crippen LogP contribution >= 0.6 is 11.6 Å². The molecule has 1 aromatic carbocycles. The average molecular weight is 276 g/mol. The summed E-state index contributed by atoms with van der Waals surface area (Å²) in [5.74, 6) is 0.267. The number of halogens is 4. The molecule has 96 valence electrons. The lowest BCUT2D eigenvalue weighted by Crippen LogP contribution is -2.08. The minimum absolute atomic E-state index is 0.220. The largest absolute Gasteiger partial charge is 0.417 e. The van der Waals surface area contributed by atoms with E-state index in [-0.39, 0.29) is 16.5 Å². The van der Waals surface area contributed by atoms with Crippen LogP contribution < -0.4 is 5.73 Å². The lowest BCUT2D eigenvalue weighted by Gasteiger charge is -2.11. The molecule has 2 N–H and O–H groups in total. The van der Waals surface area contributed by atoms with E-state index in [0.29, 0.717) is 5.69 Å². The summed E-state index contributed by atoms with van der Waals surface area (Å²) in [5, 5.41) is 3.66. The monoisotopic (exact) mass is 275 g/mol. The number of aromatic nitrogens is 2. The molecule has 0 aliphatic heterocycles. The molecule has 0 saturated heterocycles. The minimum atomic E-state index is -4.51. The van der Waals surface area contributed by atoms with Crippen LogP contribution in [0.1, 0.15) is 11.3 Å². The first-order chi connectivity index (χ1) is 8.29. The van der Waals surface area contributed by atoms with Crippen molar-refractivity contribution in [2.24, 2.45) is 0 Å². The Kier molecular flexibility index (Phi) is 2.98. The molecule has 7 heteroatoms. The molecule has 2 rings (SSSR count). The lowest BCUT2D eigenvalue weighted by molar-refractivity contribution is -0.137. The van der Waals surface area contributed by atoms with E-state index in [0.717, 1.165) is 6.07 Å². The Labute approximate surface area is 106 Å². The van der Waals surface area contributed by atoms with Crippen molar-refractivity contribution in [1.82, 2.24) is 9.78 Å². The van der Waals surface area contributed by atoms with Gasteiger partial charge in [0, 0.05) is 6.07 Å². The number of hydrogen-bond acceptors (Lipinski definition) is 2. The van der Waals surface area contributed by atoms with Crippen LogP contribution in [-0.2, 0) is 6.18 Å². The normalized spacial score (nSPS) is 11.8. The zero-order valence-corrected chi connectivity index (χ0v) is 10.0. The highest BCUT2D eigenvalue weighted by molar-refractivity contribution is 6.31. The maximum atomic E-state index is 12.7. The number of nitrogens with zero attached hydrogens (tertiary/aromatic N) is 2. The van der Waals surface area contributed by atoms with Gasteiger partial charge in [0.25, 0.3) is 0 Å². The van der Waals surface area contributed by atoms with E-state index in [1.807, 2.05) is 0 Å². The third kappa shape index (κ3) is 2.28. The summed E-state index contributed by atoms with van der Waals surface area (Å²) in [5.41, 5.74) is 5.59. The predicted octanol–water partition coefficient (Wildman–Crippen LogP) is 3.44. The van der Waals surface area contributed by atoms with Gasteiger partial charge >= 0.3 is 6.18 Å². The van der Waals surface area contributed by atoms with Crippen molar-refractivity contribution in [3.63, 3.8) is 0 Å². The van der Waals surface area contributed by atoms with Crippen LogP contribution in [0, 0.1) is 6.92 Å². The molecule has 0 saturated carbocycles. The zero-order chi connectivity index (χ0) is 13.5. The van der Waals surface area contributed by atoms with Gasteiger partial charge in [-0.05, 0) is 25.1 Å². The topological polar surface area (TPSA) is 43.8 Å². The van der Waals surface area contributed by atoms with E-state index in [1.165, 1.54) is 16.8 Å². The fourth-order valence-electron chi connectivity index (χ4n) is 1.59. The third-order valence-corrected chi connectivity index (χ3v) is 2.69. The Morgan fingerprint density at radius 2 is 1.94 bits per heavy atom. The standard InChI is InChI=1S/C11H9ClF3N3/c1-6-4-10(16)18(17-6)7-2-3-9(12)8(5-7)11(13,14)15/h2-5H,16H2,1H3. The molecule has 1 aromatic heterocycles. The molecule has 0 atom stereocenters. The van der Waals surface area contributed by atoms with E-state index < -0.39 is 11.7 Å². The number of anilines is 1. The Bertz CT molecular complexity index is 590. The molecule has 2 aromatic rings. The molecule has 0 unspecified atom stereocenters. The fraction of sp³-hybridized carbons (Fsp3) is 0.182. The summed E-state index contributed by atoms with van der Waals surface area (Å²) in [4.78, 5) is 0. The van der Waals surface area contributed by atoms with Crippen LogP contribution in [-0.4, -0.2) is 9.78 Å². The molecule has 0 aliphatic carbocycles. The second-order valence-corrected chi connectivity index (χ2v) is 4.19. The zero-order valence-electron chi connectivity index (χ0n) is 9.29. The molecule has 0 amide bonds. The SMILES string of the molecule is Cc1cc(N)n(-c2ccc(Cl)c(C(F)(F)F)c2)n1. The van der Waals surface area contributed by atoms with Crippen LogP contribution in [0.3, 0.4) is 0 Å². The van der Waals surface area contributed by atoms with Crippen LogP contribution in [0.25, 0.3) is 5.69 Å².